The van der Waals surface area contributed by atoms with Crippen LogP contribution < -0.4 is 10.6 Å². The molecule has 3 saturated heterocycles. The van der Waals surface area contributed by atoms with Crippen LogP contribution in [0.1, 0.15) is 31.0 Å². The lowest BCUT2D eigenvalue weighted by atomic mass is 9.95. The average molecular weight is 593 g/mol. The minimum atomic E-state index is -1.31. The minimum Gasteiger partial charge on any atom is -0.480 e. The number of hydrogen-bond acceptors (Lipinski definition) is 8. The number of hydrogen-bond donors (Lipinski definition) is 3. The van der Waals surface area contributed by atoms with Gasteiger partial charge in [-0.3, -0.25) is 24.1 Å². The van der Waals surface area contributed by atoms with E-state index in [0.717, 1.165) is 10.6 Å². The van der Waals surface area contributed by atoms with Gasteiger partial charge in [-0.1, -0.05) is 60.7 Å². The first-order valence-corrected chi connectivity index (χ1v) is 14.0. The highest BCUT2D eigenvalue weighted by atomic mass is 32.2. The molecule has 218 valence electrons. The minimum absolute atomic E-state index is 0.0463. The molecule has 0 spiro atoms. The van der Waals surface area contributed by atoms with Crippen LogP contribution >= 0.6 is 11.8 Å². The van der Waals surface area contributed by atoms with Gasteiger partial charge in [0.25, 0.3) is 0 Å². The summed E-state index contributed by atoms with van der Waals surface area (Å²) in [5.74, 6) is -4.50. The van der Waals surface area contributed by atoms with Crippen molar-refractivity contribution < 1.29 is 33.9 Å². The number of fused-ring (bicyclic) bond motifs is 1. The van der Waals surface area contributed by atoms with Gasteiger partial charge in [0.15, 0.2) is 0 Å². The van der Waals surface area contributed by atoms with E-state index >= 15 is 0 Å². The molecule has 6 amide bonds. The summed E-state index contributed by atoms with van der Waals surface area (Å²) in [6.45, 7) is 3.24. The molecule has 2 aromatic carbocycles. The quantitative estimate of drug-likeness (QED) is 0.241. The van der Waals surface area contributed by atoms with Crippen molar-refractivity contribution in [1.29, 1.82) is 0 Å². The normalized spacial score (nSPS) is 23.8. The first-order valence-electron chi connectivity index (χ1n) is 13.1. The van der Waals surface area contributed by atoms with Crippen LogP contribution in [-0.4, -0.2) is 97.1 Å². The summed E-state index contributed by atoms with van der Waals surface area (Å²) in [6, 6.07) is 12.9. The Kier molecular flexibility index (Phi) is 7.73. The summed E-state index contributed by atoms with van der Waals surface area (Å²) < 4.78 is -0.779. The van der Waals surface area contributed by atoms with Crippen LogP contribution in [0.15, 0.2) is 65.8 Å². The van der Waals surface area contributed by atoms with Crippen molar-refractivity contribution in [2.24, 2.45) is 5.10 Å². The van der Waals surface area contributed by atoms with Crippen molar-refractivity contribution in [2.45, 2.75) is 42.1 Å². The molecule has 5 rings (SSSR count). The Balaban J connectivity index is 1.28. The topological polar surface area (TPSA) is 169 Å². The van der Waals surface area contributed by atoms with Gasteiger partial charge in [0, 0.05) is 4.75 Å². The second kappa shape index (κ2) is 11.3. The van der Waals surface area contributed by atoms with Crippen LogP contribution in [0.5, 0.6) is 0 Å². The molecule has 3 aliphatic rings. The zero-order valence-electron chi connectivity index (χ0n) is 22.7. The molecule has 0 saturated carbocycles. The van der Waals surface area contributed by atoms with Gasteiger partial charge in [0.1, 0.15) is 23.5 Å². The van der Waals surface area contributed by atoms with Crippen molar-refractivity contribution in [3.05, 3.63) is 71.8 Å². The summed E-state index contributed by atoms with van der Waals surface area (Å²) >= 11 is 1.27. The number of carbonyl (C=O) groups excluding carboxylic acids is 5. The van der Waals surface area contributed by atoms with Crippen molar-refractivity contribution >= 4 is 53.6 Å². The number of benzene rings is 2. The maximum atomic E-state index is 13.5. The summed E-state index contributed by atoms with van der Waals surface area (Å²) in [4.78, 5) is 78.9. The van der Waals surface area contributed by atoms with Crippen LogP contribution in [0, 0.1) is 0 Å². The highest BCUT2D eigenvalue weighted by molar-refractivity contribution is 8.01. The molecule has 0 aromatic heterocycles. The Morgan fingerprint density at radius 2 is 1.64 bits per heavy atom. The van der Waals surface area contributed by atoms with E-state index in [1.807, 2.05) is 6.07 Å². The number of β-lactam (4-membered cyclic amide) rings is 1. The highest BCUT2D eigenvalue weighted by Crippen LogP contribution is 2.50. The van der Waals surface area contributed by atoms with Gasteiger partial charge in [-0.05, 0) is 25.0 Å². The molecule has 0 bridgehead atoms. The van der Waals surface area contributed by atoms with Gasteiger partial charge >= 0.3 is 23.8 Å². The van der Waals surface area contributed by atoms with E-state index < -0.39 is 63.9 Å². The second-order valence-corrected chi connectivity index (χ2v) is 12.2. The number of nitrogens with one attached hydrogen (secondary N) is 2. The Hall–Kier alpha value is -4.72. The van der Waals surface area contributed by atoms with Gasteiger partial charge in [0.05, 0.1) is 19.3 Å². The Morgan fingerprint density at radius 1 is 1.00 bits per heavy atom. The number of carboxylic acid groups (broad SMARTS) is 1. The number of imide groups is 1. The number of piperazine rings is 1. The van der Waals surface area contributed by atoms with E-state index in [1.165, 1.54) is 22.9 Å². The van der Waals surface area contributed by atoms with E-state index in [2.05, 4.69) is 15.7 Å². The Bertz CT molecular complexity index is 1470. The summed E-state index contributed by atoms with van der Waals surface area (Å²) in [6.07, 6.45) is 1.43. The number of urea groups is 1. The number of rotatable bonds is 7. The van der Waals surface area contributed by atoms with Crippen LogP contribution in [0.2, 0.25) is 0 Å². The number of thioether (sulfide) groups is 1. The number of carboxylic acids is 1. The van der Waals surface area contributed by atoms with E-state index in [1.54, 1.807) is 68.4 Å². The van der Waals surface area contributed by atoms with Crippen LogP contribution in [0.25, 0.3) is 0 Å². The molecule has 13 nitrogen and oxygen atoms in total. The van der Waals surface area contributed by atoms with Crippen LogP contribution in [-0.2, 0) is 24.0 Å². The van der Waals surface area contributed by atoms with E-state index in [-0.39, 0.29) is 13.1 Å². The highest BCUT2D eigenvalue weighted by Gasteiger charge is 2.64. The molecular weight excluding hydrogens is 564 g/mol. The molecule has 0 aliphatic carbocycles. The maximum Gasteiger partial charge on any atom is 0.332 e. The fourth-order valence-electron chi connectivity index (χ4n) is 5.13. The number of carbonyl (C=O) groups is 6. The first-order chi connectivity index (χ1) is 20.0. The maximum absolute atomic E-state index is 13.5. The van der Waals surface area contributed by atoms with Crippen molar-refractivity contribution in [2.75, 3.05) is 13.1 Å². The van der Waals surface area contributed by atoms with Crippen LogP contribution in [0.4, 0.5) is 4.79 Å². The standard InChI is InChI=1S/C28H28N6O7S/c1-28(2)20(26(39)40)34-22(36)19(25(34)42-28)30-21(35)18(17-11-7-4-8-12-17)31-27(41)32-13-14-33(24(38)23(32)37)29-15-16-9-5-3-6-10-16/h3-12,15,18-20,25H,13-14H2,1-2H3,(H,30,35)(H,31,41)(H,39,40). The fourth-order valence-corrected chi connectivity index (χ4v) is 6.76. The van der Waals surface area contributed by atoms with Gasteiger partial charge < -0.3 is 20.6 Å². The SMILES string of the molecule is CC1(C)SC2C(NC(=O)C(NC(=O)N3CCN(N=Cc4ccccc4)C(=O)C3=O)c3ccccc3)C(=O)N2C1C(=O)O. The molecule has 3 N–H and O–H groups in total. The lowest BCUT2D eigenvalue weighted by Crippen LogP contribution is -2.71. The summed E-state index contributed by atoms with van der Waals surface area (Å²) in [7, 11) is 0. The molecule has 4 unspecified atom stereocenters. The van der Waals surface area contributed by atoms with Crippen molar-refractivity contribution in [1.82, 2.24) is 25.4 Å². The number of amides is 6. The third-order valence-electron chi connectivity index (χ3n) is 7.22. The van der Waals surface area contributed by atoms with Gasteiger partial charge in [-0.2, -0.15) is 5.10 Å². The largest absolute Gasteiger partial charge is 0.480 e. The molecule has 4 atom stereocenters. The first kappa shape index (κ1) is 28.8. The van der Waals surface area contributed by atoms with E-state index in [4.69, 9.17) is 0 Å². The number of nitrogens with zero attached hydrogens (tertiary/aromatic N) is 4. The molecule has 0 radical (unpaired) electrons. The van der Waals surface area contributed by atoms with Crippen LogP contribution in [0.3, 0.4) is 0 Å². The molecule has 42 heavy (non-hydrogen) atoms. The third kappa shape index (κ3) is 5.32. The Labute approximate surface area is 244 Å². The predicted molar refractivity (Wildman–Crippen MR) is 151 cm³/mol. The number of hydrazone groups is 1. The molecule has 3 aliphatic heterocycles. The zero-order valence-corrected chi connectivity index (χ0v) is 23.5. The number of aliphatic carboxylic acids is 1. The average Bonchev–Trinajstić information content (AvgIpc) is 3.23. The lowest BCUT2D eigenvalue weighted by Gasteiger charge is -2.44. The molecule has 2 aromatic rings. The fraction of sp³-hybridized carbons (Fsp3) is 0.321. The summed E-state index contributed by atoms with van der Waals surface area (Å²) in [5.41, 5.74) is 1.10. The van der Waals surface area contributed by atoms with E-state index in [0.29, 0.717) is 10.5 Å². The van der Waals surface area contributed by atoms with Gasteiger partial charge in [-0.25, -0.2) is 14.6 Å². The Morgan fingerprint density at radius 3 is 2.29 bits per heavy atom. The second-order valence-electron chi connectivity index (χ2n) is 10.4. The van der Waals surface area contributed by atoms with Gasteiger partial charge in [-0.15, -0.1) is 11.8 Å². The molecule has 3 heterocycles. The molecule has 14 heteroatoms. The molecular formula is C28H28N6O7S. The summed E-state index contributed by atoms with van der Waals surface area (Å²) in [5, 5.41) is 19.3. The monoisotopic (exact) mass is 592 g/mol. The smallest absolute Gasteiger partial charge is 0.332 e. The van der Waals surface area contributed by atoms with Gasteiger partial charge in [0.2, 0.25) is 11.8 Å². The molecule has 3 fully saturated rings. The predicted octanol–water partition coefficient (Wildman–Crippen LogP) is 0.774. The third-order valence-corrected chi connectivity index (χ3v) is 8.80. The van der Waals surface area contributed by atoms with Crippen molar-refractivity contribution in [3.63, 3.8) is 0 Å². The zero-order chi connectivity index (χ0) is 30.2. The van der Waals surface area contributed by atoms with Crippen molar-refractivity contribution in [3.8, 4) is 0 Å². The lowest BCUT2D eigenvalue weighted by molar-refractivity contribution is -0.161. The van der Waals surface area contributed by atoms with E-state index in [9.17, 15) is 33.9 Å².